The van der Waals surface area contributed by atoms with Crippen LogP contribution in [0.1, 0.15) is 19.4 Å². The summed E-state index contributed by atoms with van der Waals surface area (Å²) in [5.74, 6) is -0.424. The molecule has 6 heteroatoms. The first-order chi connectivity index (χ1) is 10.4. The molecule has 1 fully saturated rings. The molecule has 0 aromatic heterocycles. The zero-order valence-electron chi connectivity index (χ0n) is 13.2. The lowest BCUT2D eigenvalue weighted by Crippen LogP contribution is -2.57. The number of hydrogen-bond acceptors (Lipinski definition) is 6. The number of esters is 1. The fourth-order valence-electron chi connectivity index (χ4n) is 2.42. The van der Waals surface area contributed by atoms with Crippen LogP contribution in [-0.2, 0) is 19.0 Å². The van der Waals surface area contributed by atoms with Crippen LogP contribution in [0.15, 0.2) is 29.2 Å². The summed E-state index contributed by atoms with van der Waals surface area (Å²) in [4.78, 5) is 12.4. The number of benzene rings is 1. The molecule has 1 aliphatic heterocycles. The molecule has 0 saturated carbocycles. The first-order valence-corrected chi connectivity index (χ1v) is 8.07. The summed E-state index contributed by atoms with van der Waals surface area (Å²) in [6.07, 6.45) is -2.53. The Morgan fingerprint density at radius 2 is 1.91 bits per heavy atom. The summed E-state index contributed by atoms with van der Waals surface area (Å²) in [5, 5.41) is 10.2. The predicted molar refractivity (Wildman–Crippen MR) is 83.7 cm³/mol. The Bertz CT molecular complexity index is 504. The molecule has 0 unspecified atom stereocenters. The van der Waals surface area contributed by atoms with Gasteiger partial charge in [-0.05, 0) is 26.0 Å². The molecule has 1 heterocycles. The molecule has 0 bridgehead atoms. The molecule has 2 rings (SSSR count). The normalized spacial score (nSPS) is 31.8. The Kier molecular flexibility index (Phi) is 5.86. The van der Waals surface area contributed by atoms with Gasteiger partial charge < -0.3 is 19.3 Å². The highest BCUT2D eigenvalue weighted by Crippen LogP contribution is 2.35. The Morgan fingerprint density at radius 3 is 2.45 bits per heavy atom. The van der Waals surface area contributed by atoms with Crippen molar-refractivity contribution in [3.05, 3.63) is 29.8 Å². The third-order valence-corrected chi connectivity index (χ3v) is 4.76. The van der Waals surface area contributed by atoms with Crippen molar-refractivity contribution in [1.82, 2.24) is 0 Å². The van der Waals surface area contributed by atoms with Crippen LogP contribution in [0.3, 0.4) is 0 Å². The van der Waals surface area contributed by atoms with Crippen LogP contribution in [0.4, 0.5) is 0 Å². The Hall–Kier alpha value is -1.08. The molecule has 1 aromatic carbocycles. The fraction of sp³-hybridized carbons (Fsp3) is 0.562. The summed E-state index contributed by atoms with van der Waals surface area (Å²) in [6.45, 7) is 5.14. The van der Waals surface area contributed by atoms with Gasteiger partial charge in [0.15, 0.2) is 6.10 Å². The Morgan fingerprint density at radius 1 is 1.27 bits per heavy atom. The van der Waals surface area contributed by atoms with E-state index < -0.39 is 35.8 Å². The standard InChI is InChI=1S/C16H22O5S/c1-9-5-7-12(8-6-9)22-16-15(21-11(3)17)14(19-4)13(18)10(2)20-16/h5-8,10,13-16,18H,1-4H3/t10-,13+,14+,15+,16-/m0/s1. The highest BCUT2D eigenvalue weighted by Gasteiger charge is 2.46. The second-order valence-corrected chi connectivity index (χ2v) is 6.58. The van der Waals surface area contributed by atoms with Crippen molar-refractivity contribution in [2.75, 3.05) is 7.11 Å². The molecule has 22 heavy (non-hydrogen) atoms. The molecule has 0 spiro atoms. The zero-order chi connectivity index (χ0) is 16.3. The molecule has 0 amide bonds. The molecular formula is C16H22O5S. The van der Waals surface area contributed by atoms with Gasteiger partial charge in [-0.25, -0.2) is 0 Å². The third-order valence-electron chi connectivity index (χ3n) is 3.61. The van der Waals surface area contributed by atoms with Gasteiger partial charge in [0.2, 0.25) is 0 Å². The van der Waals surface area contributed by atoms with Crippen molar-refractivity contribution in [1.29, 1.82) is 0 Å². The van der Waals surface area contributed by atoms with Crippen molar-refractivity contribution >= 4 is 17.7 Å². The molecule has 0 aliphatic carbocycles. The van der Waals surface area contributed by atoms with Crippen LogP contribution in [0.2, 0.25) is 0 Å². The minimum Gasteiger partial charge on any atom is -0.456 e. The lowest BCUT2D eigenvalue weighted by molar-refractivity contribution is -0.215. The average molecular weight is 326 g/mol. The summed E-state index contributed by atoms with van der Waals surface area (Å²) < 4.78 is 16.5. The lowest BCUT2D eigenvalue weighted by Gasteiger charge is -2.42. The van der Waals surface area contributed by atoms with E-state index in [-0.39, 0.29) is 0 Å². The van der Waals surface area contributed by atoms with Gasteiger partial charge in [0.05, 0.1) is 6.10 Å². The summed E-state index contributed by atoms with van der Waals surface area (Å²) in [5.41, 5.74) is 0.735. The molecule has 1 N–H and O–H groups in total. The molecule has 0 radical (unpaired) electrons. The van der Waals surface area contributed by atoms with Gasteiger partial charge in [-0.15, -0.1) is 0 Å². The van der Waals surface area contributed by atoms with E-state index in [2.05, 4.69) is 0 Å². The summed E-state index contributed by atoms with van der Waals surface area (Å²) >= 11 is 1.46. The zero-order valence-corrected chi connectivity index (χ0v) is 14.0. The van der Waals surface area contributed by atoms with Crippen molar-refractivity contribution in [2.45, 2.75) is 55.5 Å². The van der Waals surface area contributed by atoms with Crippen LogP contribution in [0.25, 0.3) is 0 Å². The third kappa shape index (κ3) is 4.01. The van der Waals surface area contributed by atoms with Gasteiger partial charge in [0.1, 0.15) is 17.6 Å². The second kappa shape index (κ2) is 7.46. The van der Waals surface area contributed by atoms with E-state index in [4.69, 9.17) is 14.2 Å². The van der Waals surface area contributed by atoms with Gasteiger partial charge in [-0.3, -0.25) is 4.79 Å². The topological polar surface area (TPSA) is 65.0 Å². The largest absolute Gasteiger partial charge is 0.456 e. The SMILES string of the molecule is CO[C@@H]1[C@H](O)[C@H](C)O[C@@H](Sc2ccc(C)cc2)[C@@H]1OC(C)=O. The Balaban J connectivity index is 2.20. The summed E-state index contributed by atoms with van der Waals surface area (Å²) in [7, 11) is 1.50. The van der Waals surface area contributed by atoms with E-state index in [0.29, 0.717) is 0 Å². The maximum atomic E-state index is 11.4. The van der Waals surface area contributed by atoms with Gasteiger partial charge in [-0.2, -0.15) is 0 Å². The van der Waals surface area contributed by atoms with E-state index in [0.717, 1.165) is 4.90 Å². The first kappa shape index (κ1) is 17.3. The van der Waals surface area contributed by atoms with Crippen LogP contribution >= 0.6 is 11.8 Å². The minimum absolute atomic E-state index is 0.403. The van der Waals surface area contributed by atoms with Crippen molar-refractivity contribution < 1.29 is 24.1 Å². The maximum absolute atomic E-state index is 11.4. The lowest BCUT2D eigenvalue weighted by atomic mass is 10.0. The molecule has 1 saturated heterocycles. The second-order valence-electron chi connectivity index (χ2n) is 5.41. The van der Waals surface area contributed by atoms with Crippen LogP contribution in [0, 0.1) is 6.92 Å². The van der Waals surface area contributed by atoms with E-state index >= 15 is 0 Å². The first-order valence-electron chi connectivity index (χ1n) is 7.19. The number of aryl methyl sites for hydroxylation is 1. The number of aliphatic hydroxyl groups is 1. The van der Waals surface area contributed by atoms with Crippen molar-refractivity contribution in [3.63, 3.8) is 0 Å². The fourth-order valence-corrected chi connectivity index (χ4v) is 3.56. The number of hydrogen-bond donors (Lipinski definition) is 1. The van der Waals surface area contributed by atoms with Crippen molar-refractivity contribution in [2.24, 2.45) is 0 Å². The number of methoxy groups -OCH3 is 1. The van der Waals surface area contributed by atoms with Gasteiger partial charge in [0, 0.05) is 18.9 Å². The molecular weight excluding hydrogens is 304 g/mol. The molecule has 122 valence electrons. The van der Waals surface area contributed by atoms with E-state index in [1.807, 2.05) is 31.2 Å². The minimum atomic E-state index is -0.843. The number of rotatable bonds is 4. The summed E-state index contributed by atoms with van der Waals surface area (Å²) in [6, 6.07) is 8.01. The average Bonchev–Trinajstić information content (AvgIpc) is 2.46. The van der Waals surface area contributed by atoms with Crippen LogP contribution < -0.4 is 0 Å². The van der Waals surface area contributed by atoms with E-state index in [1.165, 1.54) is 31.4 Å². The van der Waals surface area contributed by atoms with Gasteiger partial charge >= 0.3 is 5.97 Å². The highest BCUT2D eigenvalue weighted by atomic mass is 32.2. The molecule has 5 atom stereocenters. The highest BCUT2D eigenvalue weighted by molar-refractivity contribution is 7.99. The van der Waals surface area contributed by atoms with Crippen LogP contribution in [0.5, 0.6) is 0 Å². The number of ether oxygens (including phenoxy) is 3. The van der Waals surface area contributed by atoms with Gasteiger partial charge in [-0.1, -0.05) is 29.5 Å². The van der Waals surface area contributed by atoms with Gasteiger partial charge in [0.25, 0.3) is 0 Å². The monoisotopic (exact) mass is 326 g/mol. The number of thioether (sulfide) groups is 1. The van der Waals surface area contributed by atoms with E-state index in [1.54, 1.807) is 6.92 Å². The quantitative estimate of drug-likeness (QED) is 0.855. The number of aliphatic hydroxyl groups excluding tert-OH is 1. The van der Waals surface area contributed by atoms with E-state index in [9.17, 15) is 9.90 Å². The number of carbonyl (C=O) groups excluding carboxylic acids is 1. The number of carbonyl (C=O) groups is 1. The molecule has 1 aliphatic rings. The predicted octanol–water partition coefficient (Wildman–Crippen LogP) is 2.14. The Labute approximate surface area is 134 Å². The van der Waals surface area contributed by atoms with Crippen molar-refractivity contribution in [3.8, 4) is 0 Å². The molecule has 1 aromatic rings. The van der Waals surface area contributed by atoms with Crippen LogP contribution in [-0.4, -0.2) is 48.0 Å². The molecule has 5 nitrogen and oxygen atoms in total. The maximum Gasteiger partial charge on any atom is 0.303 e. The smallest absolute Gasteiger partial charge is 0.303 e.